The van der Waals surface area contributed by atoms with Gasteiger partial charge in [0.25, 0.3) is 0 Å². The first-order chi connectivity index (χ1) is 15.5. The van der Waals surface area contributed by atoms with E-state index in [2.05, 4.69) is 9.72 Å². The van der Waals surface area contributed by atoms with Crippen molar-refractivity contribution in [2.45, 2.75) is 75.1 Å². The van der Waals surface area contributed by atoms with Crippen LogP contribution >= 0.6 is 0 Å². The van der Waals surface area contributed by atoms with Crippen LogP contribution in [0, 0.1) is 5.41 Å². The highest BCUT2D eigenvalue weighted by Crippen LogP contribution is 2.53. The summed E-state index contributed by atoms with van der Waals surface area (Å²) in [6.07, 6.45) is 3.07. The molecule has 1 aromatic heterocycles. The normalized spacial score (nSPS) is 31.2. The summed E-state index contributed by atoms with van der Waals surface area (Å²) in [7, 11) is 0. The molecule has 180 valence electrons. The van der Waals surface area contributed by atoms with Crippen LogP contribution in [-0.4, -0.2) is 63.8 Å². The molecule has 2 aliphatic heterocycles. The molecule has 2 saturated heterocycles. The first-order valence-electron chi connectivity index (χ1n) is 11.5. The maximum atomic E-state index is 13.3. The van der Waals surface area contributed by atoms with Gasteiger partial charge in [-0.15, -0.1) is 0 Å². The van der Waals surface area contributed by atoms with E-state index in [1.165, 1.54) is 12.3 Å². The number of hydrogen-bond acceptors (Lipinski definition) is 5. The van der Waals surface area contributed by atoms with E-state index in [1.807, 2.05) is 4.90 Å². The molecule has 0 bridgehead atoms. The molecule has 0 unspecified atom stereocenters. The van der Waals surface area contributed by atoms with Crippen molar-refractivity contribution in [2.75, 3.05) is 24.6 Å². The van der Waals surface area contributed by atoms with Crippen molar-refractivity contribution in [3.63, 3.8) is 0 Å². The molecule has 1 aromatic rings. The maximum absolute atomic E-state index is 13.3. The van der Waals surface area contributed by atoms with Gasteiger partial charge >= 0.3 is 6.18 Å². The minimum absolute atomic E-state index is 0.0229. The Hall–Kier alpha value is -2.36. The molecule has 0 aromatic carbocycles. The summed E-state index contributed by atoms with van der Waals surface area (Å²) >= 11 is 0. The van der Waals surface area contributed by atoms with E-state index in [-0.39, 0.29) is 23.2 Å². The van der Waals surface area contributed by atoms with E-state index in [0.717, 1.165) is 19.3 Å². The molecule has 2 saturated carbocycles. The molecule has 1 N–H and O–H groups in total. The lowest BCUT2D eigenvalue weighted by molar-refractivity contribution is -0.154. The average Bonchev–Trinajstić information content (AvgIpc) is 3.42. The number of amides is 2. The predicted octanol–water partition coefficient (Wildman–Crippen LogP) is 3.21. The van der Waals surface area contributed by atoms with E-state index in [0.29, 0.717) is 57.3 Å². The number of rotatable bonds is 5. The van der Waals surface area contributed by atoms with Crippen LogP contribution in [0.3, 0.4) is 0 Å². The lowest BCUT2D eigenvalue weighted by atomic mass is 9.67. The molecule has 4 aliphatic rings. The third-order valence-electron chi connectivity index (χ3n) is 8.02. The molecule has 2 amide bonds. The second kappa shape index (κ2) is 7.58. The van der Waals surface area contributed by atoms with Crippen LogP contribution in [0.4, 0.5) is 18.9 Å². The maximum Gasteiger partial charge on any atom is 0.422 e. The van der Waals surface area contributed by atoms with E-state index in [1.54, 1.807) is 11.0 Å². The number of nitrogens with zero attached hydrogens (tertiary/aromatic N) is 3. The number of aliphatic hydroxyl groups is 1. The zero-order chi connectivity index (χ0) is 23.5. The van der Waals surface area contributed by atoms with Crippen LogP contribution in [0.2, 0.25) is 0 Å². The minimum Gasteiger partial charge on any atom is -0.468 e. The number of β-amino-alcohol motifs (C(OH)–C–C–N with tert-alkyl or cyclic N) is 1. The summed E-state index contributed by atoms with van der Waals surface area (Å²) in [5, 5.41) is 11.2. The number of aromatic nitrogens is 1. The number of hydrogen-bond donors (Lipinski definition) is 1. The molecule has 33 heavy (non-hydrogen) atoms. The molecule has 3 heterocycles. The molecule has 0 radical (unpaired) electrons. The molecule has 0 atom stereocenters. The number of anilines is 1. The van der Waals surface area contributed by atoms with E-state index in [4.69, 9.17) is 0 Å². The lowest BCUT2D eigenvalue weighted by Crippen LogP contribution is -2.51. The zero-order valence-corrected chi connectivity index (χ0v) is 18.4. The van der Waals surface area contributed by atoms with E-state index in [9.17, 15) is 27.9 Å². The Balaban J connectivity index is 1.20. The third-order valence-corrected chi connectivity index (χ3v) is 8.02. The minimum atomic E-state index is -4.44. The molecular formula is C23H28F3N3O4. The highest BCUT2D eigenvalue weighted by atomic mass is 19.4. The van der Waals surface area contributed by atoms with Gasteiger partial charge in [0.05, 0.1) is 22.9 Å². The van der Waals surface area contributed by atoms with Crippen LogP contribution < -0.4 is 9.64 Å². The Morgan fingerprint density at radius 1 is 1.03 bits per heavy atom. The lowest BCUT2D eigenvalue weighted by Gasteiger charge is -2.43. The van der Waals surface area contributed by atoms with E-state index < -0.39 is 23.8 Å². The highest BCUT2D eigenvalue weighted by molar-refractivity contribution is 5.99. The fourth-order valence-corrected chi connectivity index (χ4v) is 5.74. The summed E-state index contributed by atoms with van der Waals surface area (Å²) in [4.78, 5) is 33.1. The summed E-state index contributed by atoms with van der Waals surface area (Å²) < 4.78 is 41.5. The van der Waals surface area contributed by atoms with Gasteiger partial charge in [-0.1, -0.05) is 0 Å². The van der Waals surface area contributed by atoms with Crippen molar-refractivity contribution in [3.8, 4) is 5.88 Å². The second-order valence-electron chi connectivity index (χ2n) is 10.2. The van der Waals surface area contributed by atoms with Crippen molar-refractivity contribution in [3.05, 3.63) is 18.3 Å². The van der Waals surface area contributed by atoms with Crippen molar-refractivity contribution < 1.29 is 32.6 Å². The Kier molecular flexibility index (Phi) is 5.15. The van der Waals surface area contributed by atoms with E-state index >= 15 is 0 Å². The van der Waals surface area contributed by atoms with Gasteiger partial charge < -0.3 is 19.6 Å². The number of likely N-dealkylation sites (tertiary alicyclic amines) is 1. The van der Waals surface area contributed by atoms with Gasteiger partial charge in [-0.3, -0.25) is 9.59 Å². The number of carbonyl (C=O) groups excluding carboxylic acids is 2. The zero-order valence-electron chi connectivity index (χ0n) is 18.4. The van der Waals surface area contributed by atoms with Crippen LogP contribution in [0.15, 0.2) is 18.3 Å². The molecule has 2 aliphatic carbocycles. The van der Waals surface area contributed by atoms with Gasteiger partial charge in [0.15, 0.2) is 6.61 Å². The quantitative estimate of drug-likeness (QED) is 0.719. The number of halogens is 3. The monoisotopic (exact) mass is 467 g/mol. The van der Waals surface area contributed by atoms with Gasteiger partial charge in [-0.05, 0) is 57.4 Å². The summed E-state index contributed by atoms with van der Waals surface area (Å²) in [6.45, 7) is -0.573. The summed E-state index contributed by atoms with van der Waals surface area (Å²) in [6, 6.07) is 2.88. The second-order valence-corrected chi connectivity index (χ2v) is 10.2. The highest BCUT2D eigenvalue weighted by Gasteiger charge is 2.57. The number of ether oxygens (including phenoxy) is 1. The van der Waals surface area contributed by atoms with Crippen molar-refractivity contribution in [2.24, 2.45) is 5.41 Å². The molecule has 7 nitrogen and oxygen atoms in total. The number of pyridine rings is 1. The predicted molar refractivity (Wildman–Crippen MR) is 112 cm³/mol. The van der Waals surface area contributed by atoms with Crippen molar-refractivity contribution in [1.29, 1.82) is 0 Å². The Labute approximate surface area is 189 Å². The van der Waals surface area contributed by atoms with Crippen LogP contribution in [0.5, 0.6) is 5.88 Å². The SMILES string of the molecule is O=C1CCC2(CC2)N1CC1(O)CCC2(CCN(c3ccc(OCC(F)(F)F)nc3)C2=O)CC1. The fourth-order valence-electron chi connectivity index (χ4n) is 5.74. The first-order valence-corrected chi connectivity index (χ1v) is 11.5. The van der Waals surface area contributed by atoms with Crippen molar-refractivity contribution >= 4 is 17.5 Å². The summed E-state index contributed by atoms with van der Waals surface area (Å²) in [5.41, 5.74) is -1.02. The van der Waals surface area contributed by atoms with Gasteiger partial charge in [0.1, 0.15) is 0 Å². The first kappa shape index (κ1) is 22.4. The van der Waals surface area contributed by atoms with Crippen molar-refractivity contribution in [1.82, 2.24) is 9.88 Å². The molecule has 4 fully saturated rings. The number of alkyl halides is 3. The topological polar surface area (TPSA) is 83.0 Å². The standard InChI is InChI=1S/C23H28F3N3O4/c24-23(25,26)15-33-17-2-1-16(13-27-17)28-12-11-20(19(28)31)5-9-22(32,10-6-20)14-29-18(30)3-4-21(29)7-8-21/h1-2,13,32H,3-12,14-15H2. The smallest absolute Gasteiger partial charge is 0.422 e. The van der Waals surface area contributed by atoms with Crippen LogP contribution in [0.25, 0.3) is 0 Å². The molecule has 2 spiro atoms. The van der Waals surface area contributed by atoms with Gasteiger partial charge in [-0.25, -0.2) is 4.98 Å². The third kappa shape index (κ3) is 4.18. The van der Waals surface area contributed by atoms with Crippen LogP contribution in [-0.2, 0) is 9.59 Å². The molecule has 10 heteroatoms. The van der Waals surface area contributed by atoms with Gasteiger partial charge in [0.2, 0.25) is 17.7 Å². The van der Waals surface area contributed by atoms with Crippen LogP contribution in [0.1, 0.15) is 57.8 Å². The Bertz CT molecular complexity index is 937. The molecule has 5 rings (SSSR count). The van der Waals surface area contributed by atoms with Gasteiger partial charge in [0, 0.05) is 31.1 Å². The molecular weight excluding hydrogens is 439 g/mol. The fraction of sp³-hybridized carbons (Fsp3) is 0.696. The number of carbonyl (C=O) groups is 2. The summed E-state index contributed by atoms with van der Waals surface area (Å²) in [5.74, 6) is -0.0595. The Morgan fingerprint density at radius 3 is 2.36 bits per heavy atom. The Morgan fingerprint density at radius 2 is 1.76 bits per heavy atom. The largest absolute Gasteiger partial charge is 0.468 e. The van der Waals surface area contributed by atoms with Gasteiger partial charge in [-0.2, -0.15) is 13.2 Å². The average molecular weight is 467 g/mol.